The van der Waals surface area contributed by atoms with Crippen LogP contribution in [0.2, 0.25) is 0 Å². The monoisotopic (exact) mass is 349 g/mol. The molecule has 1 aliphatic carbocycles. The molecule has 1 saturated carbocycles. The predicted octanol–water partition coefficient (Wildman–Crippen LogP) is 2.22. The SMILES string of the molecule is CC1(C)C(NC(=O)NCCN2CCc3sccc3C2)C2CCOC21. The molecule has 2 amide bonds. The summed E-state index contributed by atoms with van der Waals surface area (Å²) in [5.74, 6) is 0.491. The standard InChI is InChI=1S/C18H27N3O2S/c1-18(2)15(13-4-9-23-16(13)18)20-17(22)19-6-8-21-7-3-14-12(11-21)5-10-24-14/h5,10,13,15-16H,3-4,6-9,11H2,1-2H3,(H2,19,20,22). The van der Waals surface area contributed by atoms with Crippen molar-refractivity contribution in [2.24, 2.45) is 11.3 Å². The van der Waals surface area contributed by atoms with Gasteiger partial charge in [0.15, 0.2) is 0 Å². The molecule has 0 radical (unpaired) electrons. The summed E-state index contributed by atoms with van der Waals surface area (Å²) in [5, 5.41) is 8.40. The largest absolute Gasteiger partial charge is 0.377 e. The smallest absolute Gasteiger partial charge is 0.315 e. The van der Waals surface area contributed by atoms with Gasteiger partial charge >= 0.3 is 6.03 Å². The topological polar surface area (TPSA) is 53.6 Å². The van der Waals surface area contributed by atoms with E-state index < -0.39 is 0 Å². The molecule has 3 heterocycles. The van der Waals surface area contributed by atoms with Crippen molar-refractivity contribution in [1.29, 1.82) is 0 Å². The number of ether oxygens (including phenoxy) is 1. The first-order valence-corrected chi connectivity index (χ1v) is 9.87. The second-order valence-corrected chi connectivity index (χ2v) is 8.84. The molecule has 3 aliphatic rings. The third kappa shape index (κ3) is 2.85. The van der Waals surface area contributed by atoms with Crippen molar-refractivity contribution in [3.63, 3.8) is 0 Å². The molecule has 0 aromatic carbocycles. The van der Waals surface area contributed by atoms with Crippen LogP contribution in [0.3, 0.4) is 0 Å². The molecule has 1 aromatic heterocycles. The highest BCUT2D eigenvalue weighted by Crippen LogP contribution is 2.52. The molecule has 1 saturated heterocycles. The van der Waals surface area contributed by atoms with Crippen molar-refractivity contribution in [2.75, 3.05) is 26.2 Å². The van der Waals surface area contributed by atoms with Crippen LogP contribution in [0.4, 0.5) is 4.79 Å². The Labute approximate surface area is 147 Å². The first-order chi connectivity index (χ1) is 11.6. The van der Waals surface area contributed by atoms with E-state index in [0.717, 1.165) is 39.1 Å². The zero-order valence-electron chi connectivity index (χ0n) is 14.5. The third-order valence-corrected chi connectivity index (χ3v) is 7.01. The number of nitrogens with one attached hydrogen (secondary N) is 2. The van der Waals surface area contributed by atoms with Gasteiger partial charge < -0.3 is 15.4 Å². The fourth-order valence-corrected chi connectivity index (χ4v) is 5.52. The van der Waals surface area contributed by atoms with Crippen molar-refractivity contribution in [2.45, 2.75) is 45.4 Å². The van der Waals surface area contributed by atoms with Crippen LogP contribution in [0, 0.1) is 11.3 Å². The average molecular weight is 350 g/mol. The molecule has 24 heavy (non-hydrogen) atoms. The molecule has 2 fully saturated rings. The van der Waals surface area contributed by atoms with Crippen molar-refractivity contribution in [3.8, 4) is 0 Å². The van der Waals surface area contributed by atoms with Crippen molar-refractivity contribution < 1.29 is 9.53 Å². The Morgan fingerprint density at radius 3 is 3.25 bits per heavy atom. The number of hydrogen-bond acceptors (Lipinski definition) is 4. The van der Waals surface area contributed by atoms with Crippen LogP contribution < -0.4 is 10.6 Å². The third-order valence-electron chi connectivity index (χ3n) is 5.99. The Balaban J connectivity index is 1.21. The number of urea groups is 1. The lowest BCUT2D eigenvalue weighted by atomic mass is 9.57. The summed E-state index contributed by atoms with van der Waals surface area (Å²) in [5.41, 5.74) is 1.50. The summed E-state index contributed by atoms with van der Waals surface area (Å²) in [6, 6.07) is 2.42. The second kappa shape index (κ2) is 6.32. The van der Waals surface area contributed by atoms with E-state index in [1.165, 1.54) is 10.4 Å². The number of fused-ring (bicyclic) bond motifs is 2. The zero-order valence-corrected chi connectivity index (χ0v) is 15.3. The molecular weight excluding hydrogens is 322 g/mol. The van der Waals surface area contributed by atoms with E-state index in [9.17, 15) is 4.79 Å². The fourth-order valence-electron chi connectivity index (χ4n) is 4.63. The molecule has 0 bridgehead atoms. The van der Waals surface area contributed by atoms with E-state index in [2.05, 4.69) is 40.8 Å². The van der Waals surface area contributed by atoms with E-state index >= 15 is 0 Å². The van der Waals surface area contributed by atoms with E-state index in [-0.39, 0.29) is 17.5 Å². The van der Waals surface area contributed by atoms with Gasteiger partial charge in [-0.2, -0.15) is 0 Å². The first-order valence-electron chi connectivity index (χ1n) is 8.99. The quantitative estimate of drug-likeness (QED) is 0.876. The molecule has 3 unspecified atom stereocenters. The lowest BCUT2D eigenvalue weighted by Gasteiger charge is -2.54. The summed E-state index contributed by atoms with van der Waals surface area (Å²) in [4.78, 5) is 16.2. The number of carbonyl (C=O) groups is 1. The highest BCUT2D eigenvalue weighted by Gasteiger charge is 2.59. The Morgan fingerprint density at radius 2 is 2.38 bits per heavy atom. The molecule has 2 N–H and O–H groups in total. The van der Waals surface area contributed by atoms with Gasteiger partial charge in [-0.15, -0.1) is 11.3 Å². The fraction of sp³-hybridized carbons (Fsp3) is 0.722. The zero-order chi connectivity index (χ0) is 16.7. The van der Waals surface area contributed by atoms with Gasteiger partial charge in [0.05, 0.1) is 6.10 Å². The normalized spacial score (nSPS) is 31.0. The number of carbonyl (C=O) groups excluding carboxylic acids is 1. The van der Waals surface area contributed by atoms with E-state index in [0.29, 0.717) is 18.6 Å². The maximum atomic E-state index is 12.2. The van der Waals surface area contributed by atoms with Crippen LogP contribution in [0.25, 0.3) is 0 Å². The van der Waals surface area contributed by atoms with Crippen LogP contribution in [0.5, 0.6) is 0 Å². The molecule has 5 nitrogen and oxygen atoms in total. The van der Waals surface area contributed by atoms with Gasteiger partial charge in [-0.3, -0.25) is 4.90 Å². The molecular formula is C18H27N3O2S. The summed E-state index contributed by atoms with van der Waals surface area (Å²) < 4.78 is 5.78. The summed E-state index contributed by atoms with van der Waals surface area (Å²) >= 11 is 1.86. The van der Waals surface area contributed by atoms with Crippen LogP contribution in [0.15, 0.2) is 11.4 Å². The Bertz CT molecular complexity index is 615. The molecule has 132 valence electrons. The van der Waals surface area contributed by atoms with Crippen LogP contribution in [-0.4, -0.2) is 49.3 Å². The van der Waals surface area contributed by atoms with Gasteiger partial charge in [0.25, 0.3) is 0 Å². The number of nitrogens with zero attached hydrogens (tertiary/aromatic N) is 1. The average Bonchev–Trinajstić information content (AvgIpc) is 3.20. The number of amides is 2. The minimum atomic E-state index is -0.0355. The number of rotatable bonds is 4. The summed E-state index contributed by atoms with van der Waals surface area (Å²) in [6.45, 7) is 8.92. The van der Waals surface area contributed by atoms with Crippen LogP contribution in [0.1, 0.15) is 30.7 Å². The Morgan fingerprint density at radius 1 is 1.50 bits per heavy atom. The van der Waals surface area contributed by atoms with E-state index in [1.807, 2.05) is 11.3 Å². The molecule has 4 rings (SSSR count). The molecule has 1 aromatic rings. The van der Waals surface area contributed by atoms with Crippen LogP contribution in [-0.2, 0) is 17.7 Å². The van der Waals surface area contributed by atoms with Crippen molar-refractivity contribution in [3.05, 3.63) is 21.9 Å². The summed E-state index contributed by atoms with van der Waals surface area (Å²) in [7, 11) is 0. The maximum absolute atomic E-state index is 12.2. The Hall–Kier alpha value is -1.11. The predicted molar refractivity (Wildman–Crippen MR) is 95.3 cm³/mol. The van der Waals surface area contributed by atoms with E-state index in [1.54, 1.807) is 0 Å². The molecule has 2 aliphatic heterocycles. The second-order valence-electron chi connectivity index (χ2n) is 7.84. The molecule has 3 atom stereocenters. The van der Waals surface area contributed by atoms with Gasteiger partial charge in [-0.25, -0.2) is 4.79 Å². The van der Waals surface area contributed by atoms with Gasteiger partial charge in [0.2, 0.25) is 0 Å². The maximum Gasteiger partial charge on any atom is 0.315 e. The van der Waals surface area contributed by atoms with Crippen LogP contribution >= 0.6 is 11.3 Å². The first kappa shape index (κ1) is 16.4. The van der Waals surface area contributed by atoms with Gasteiger partial charge in [0, 0.05) is 55.0 Å². The van der Waals surface area contributed by atoms with Gasteiger partial charge in [-0.05, 0) is 29.9 Å². The number of hydrogen-bond donors (Lipinski definition) is 2. The molecule has 0 spiro atoms. The van der Waals surface area contributed by atoms with E-state index in [4.69, 9.17) is 4.74 Å². The van der Waals surface area contributed by atoms with Gasteiger partial charge in [0.1, 0.15) is 0 Å². The number of thiophene rings is 1. The summed E-state index contributed by atoms with van der Waals surface area (Å²) in [6.07, 6.45) is 2.52. The highest BCUT2D eigenvalue weighted by molar-refractivity contribution is 7.10. The van der Waals surface area contributed by atoms with Gasteiger partial charge in [-0.1, -0.05) is 13.8 Å². The van der Waals surface area contributed by atoms with Crippen molar-refractivity contribution >= 4 is 17.4 Å². The Kier molecular flexibility index (Phi) is 4.31. The molecule has 6 heteroatoms. The van der Waals surface area contributed by atoms with Crippen molar-refractivity contribution in [1.82, 2.24) is 15.5 Å². The minimum absolute atomic E-state index is 0.0355. The highest BCUT2D eigenvalue weighted by atomic mass is 32.1. The minimum Gasteiger partial charge on any atom is -0.377 e. The lowest BCUT2D eigenvalue weighted by Crippen LogP contribution is -2.67. The lowest BCUT2D eigenvalue weighted by molar-refractivity contribution is -0.108.